The van der Waals surface area contributed by atoms with Crippen LogP contribution in [0.4, 0.5) is 24.5 Å². The predicted molar refractivity (Wildman–Crippen MR) is 109 cm³/mol. The SMILES string of the molecule is CSc1ccccc1NC(=O)CN(C)C(C)C(=O)Nc1ccccc1C(F)(F)F. The third-order valence-corrected chi connectivity index (χ3v) is 5.10. The van der Waals surface area contributed by atoms with E-state index in [0.29, 0.717) is 5.69 Å². The fraction of sp³-hybridized carbons (Fsp3) is 0.300. The first-order valence-corrected chi connectivity index (χ1v) is 9.96. The Labute approximate surface area is 171 Å². The van der Waals surface area contributed by atoms with E-state index in [9.17, 15) is 22.8 Å². The van der Waals surface area contributed by atoms with Gasteiger partial charge in [-0.15, -0.1) is 11.8 Å². The van der Waals surface area contributed by atoms with Crippen LogP contribution in [0.25, 0.3) is 0 Å². The number of nitrogens with zero attached hydrogens (tertiary/aromatic N) is 1. The van der Waals surface area contributed by atoms with Crippen molar-refractivity contribution in [2.45, 2.75) is 24.0 Å². The summed E-state index contributed by atoms with van der Waals surface area (Å²) in [7, 11) is 1.56. The minimum atomic E-state index is -4.58. The number of carbonyl (C=O) groups excluding carboxylic acids is 2. The molecule has 156 valence electrons. The fourth-order valence-corrected chi connectivity index (χ4v) is 3.13. The zero-order valence-electron chi connectivity index (χ0n) is 16.2. The van der Waals surface area contributed by atoms with Gasteiger partial charge in [0, 0.05) is 4.90 Å². The van der Waals surface area contributed by atoms with Gasteiger partial charge in [0.25, 0.3) is 0 Å². The van der Waals surface area contributed by atoms with Crippen molar-refractivity contribution in [1.82, 2.24) is 4.90 Å². The van der Waals surface area contributed by atoms with E-state index in [1.165, 1.54) is 41.8 Å². The Morgan fingerprint density at radius 2 is 1.62 bits per heavy atom. The molecule has 5 nitrogen and oxygen atoms in total. The number of para-hydroxylation sites is 2. The van der Waals surface area contributed by atoms with Gasteiger partial charge in [-0.1, -0.05) is 24.3 Å². The van der Waals surface area contributed by atoms with Gasteiger partial charge in [0.1, 0.15) is 0 Å². The molecule has 2 rings (SSSR count). The average molecular weight is 425 g/mol. The molecule has 29 heavy (non-hydrogen) atoms. The molecule has 0 saturated carbocycles. The first-order chi connectivity index (χ1) is 13.6. The standard InChI is InChI=1S/C20H22F3N3O2S/c1-13(19(28)25-15-9-5-4-8-14(15)20(21,22)23)26(2)12-18(27)24-16-10-6-7-11-17(16)29-3/h4-11,13H,12H2,1-3H3,(H,24,27)(H,25,28). The van der Waals surface area contributed by atoms with Crippen molar-refractivity contribution >= 4 is 35.0 Å². The molecule has 0 heterocycles. The van der Waals surface area contributed by atoms with Crippen LogP contribution in [-0.4, -0.2) is 42.6 Å². The number of hydrogen-bond donors (Lipinski definition) is 2. The molecule has 0 spiro atoms. The highest BCUT2D eigenvalue weighted by Crippen LogP contribution is 2.34. The summed E-state index contributed by atoms with van der Waals surface area (Å²) in [6.07, 6.45) is -2.69. The maximum atomic E-state index is 13.1. The summed E-state index contributed by atoms with van der Waals surface area (Å²) in [4.78, 5) is 27.1. The zero-order valence-corrected chi connectivity index (χ0v) is 17.0. The van der Waals surface area contributed by atoms with Gasteiger partial charge in [0.2, 0.25) is 11.8 Å². The van der Waals surface area contributed by atoms with E-state index in [1.807, 2.05) is 18.4 Å². The molecule has 0 aliphatic heterocycles. The summed E-state index contributed by atoms with van der Waals surface area (Å²) in [6.45, 7) is 1.42. The molecule has 2 amide bonds. The molecule has 0 aliphatic rings. The Morgan fingerprint density at radius 1 is 1.03 bits per heavy atom. The van der Waals surface area contributed by atoms with E-state index >= 15 is 0 Å². The normalized spacial score (nSPS) is 12.5. The summed E-state index contributed by atoms with van der Waals surface area (Å²) in [5.74, 6) is -0.967. The maximum Gasteiger partial charge on any atom is 0.418 e. The van der Waals surface area contributed by atoms with Crippen LogP contribution in [0, 0.1) is 0 Å². The predicted octanol–water partition coefficient (Wildman–Crippen LogP) is 4.32. The van der Waals surface area contributed by atoms with E-state index in [-0.39, 0.29) is 18.1 Å². The van der Waals surface area contributed by atoms with E-state index in [0.717, 1.165) is 11.0 Å². The van der Waals surface area contributed by atoms with Crippen molar-refractivity contribution < 1.29 is 22.8 Å². The van der Waals surface area contributed by atoms with Crippen molar-refractivity contribution in [2.24, 2.45) is 0 Å². The van der Waals surface area contributed by atoms with Gasteiger partial charge in [-0.3, -0.25) is 14.5 Å². The van der Waals surface area contributed by atoms with Crippen molar-refractivity contribution in [3.8, 4) is 0 Å². The molecule has 0 radical (unpaired) electrons. The van der Waals surface area contributed by atoms with Gasteiger partial charge in [-0.25, -0.2) is 0 Å². The van der Waals surface area contributed by atoms with E-state index in [2.05, 4.69) is 10.6 Å². The quantitative estimate of drug-likeness (QED) is 0.649. The number of nitrogens with one attached hydrogen (secondary N) is 2. The number of alkyl halides is 3. The summed E-state index contributed by atoms with van der Waals surface area (Å²) < 4.78 is 39.2. The second-order valence-corrected chi connectivity index (χ2v) is 7.22. The molecule has 0 fully saturated rings. The maximum absolute atomic E-state index is 13.1. The summed E-state index contributed by atoms with van der Waals surface area (Å²) in [5, 5.41) is 5.09. The topological polar surface area (TPSA) is 61.4 Å². The first kappa shape index (κ1) is 22.8. The largest absolute Gasteiger partial charge is 0.418 e. The Kier molecular flexibility index (Phi) is 7.69. The number of thioether (sulfide) groups is 1. The van der Waals surface area contributed by atoms with E-state index in [4.69, 9.17) is 0 Å². The lowest BCUT2D eigenvalue weighted by Crippen LogP contribution is -2.43. The Morgan fingerprint density at radius 3 is 2.24 bits per heavy atom. The Hall–Kier alpha value is -2.52. The smallest absolute Gasteiger partial charge is 0.324 e. The molecule has 0 bridgehead atoms. The molecule has 2 N–H and O–H groups in total. The van der Waals surface area contributed by atoms with Gasteiger partial charge >= 0.3 is 6.18 Å². The molecule has 1 atom stereocenters. The summed E-state index contributed by atoms with van der Waals surface area (Å²) in [6, 6.07) is 11.2. The van der Waals surface area contributed by atoms with Crippen LogP contribution >= 0.6 is 11.8 Å². The molecule has 2 aromatic rings. The first-order valence-electron chi connectivity index (χ1n) is 8.73. The van der Waals surface area contributed by atoms with Crippen LogP contribution in [0.15, 0.2) is 53.4 Å². The lowest BCUT2D eigenvalue weighted by Gasteiger charge is -2.24. The van der Waals surface area contributed by atoms with Crippen molar-refractivity contribution in [3.05, 3.63) is 54.1 Å². The number of halogens is 3. The minimum absolute atomic E-state index is 0.0990. The molecule has 9 heteroatoms. The lowest BCUT2D eigenvalue weighted by atomic mass is 10.1. The number of anilines is 2. The van der Waals surface area contributed by atoms with Crippen LogP contribution in [-0.2, 0) is 15.8 Å². The zero-order chi connectivity index (χ0) is 21.6. The number of benzene rings is 2. The van der Waals surface area contributed by atoms with Crippen molar-refractivity contribution in [1.29, 1.82) is 0 Å². The summed E-state index contributed by atoms with van der Waals surface area (Å²) in [5.41, 5.74) is -0.576. The second-order valence-electron chi connectivity index (χ2n) is 6.37. The van der Waals surface area contributed by atoms with Gasteiger partial charge < -0.3 is 10.6 Å². The highest BCUT2D eigenvalue weighted by atomic mass is 32.2. The molecular formula is C20H22F3N3O2S. The van der Waals surface area contributed by atoms with Gasteiger partial charge in [-0.2, -0.15) is 13.2 Å². The third-order valence-electron chi connectivity index (χ3n) is 4.31. The molecule has 0 saturated heterocycles. The van der Waals surface area contributed by atoms with Crippen LogP contribution in [0.3, 0.4) is 0 Å². The Bertz CT molecular complexity index is 874. The van der Waals surface area contributed by atoms with Crippen molar-refractivity contribution in [3.63, 3.8) is 0 Å². The number of carbonyl (C=O) groups is 2. The number of rotatable bonds is 7. The number of amides is 2. The number of likely N-dealkylation sites (N-methyl/N-ethyl adjacent to an activating group) is 1. The van der Waals surface area contributed by atoms with Crippen molar-refractivity contribution in [2.75, 3.05) is 30.5 Å². The van der Waals surface area contributed by atoms with Gasteiger partial charge in [0.05, 0.1) is 29.5 Å². The van der Waals surface area contributed by atoms with Crippen LogP contribution in [0.2, 0.25) is 0 Å². The molecule has 2 aromatic carbocycles. The fourth-order valence-electron chi connectivity index (χ4n) is 2.58. The highest BCUT2D eigenvalue weighted by molar-refractivity contribution is 7.98. The Balaban J connectivity index is 2.00. The molecule has 0 aromatic heterocycles. The van der Waals surface area contributed by atoms with Crippen LogP contribution < -0.4 is 10.6 Å². The molecule has 0 aliphatic carbocycles. The average Bonchev–Trinajstić information content (AvgIpc) is 2.67. The molecule has 1 unspecified atom stereocenters. The highest BCUT2D eigenvalue weighted by Gasteiger charge is 2.34. The monoisotopic (exact) mass is 425 g/mol. The second kappa shape index (κ2) is 9.80. The third kappa shape index (κ3) is 6.23. The lowest BCUT2D eigenvalue weighted by molar-refractivity contribution is -0.137. The molecular weight excluding hydrogens is 403 g/mol. The number of hydrogen-bond acceptors (Lipinski definition) is 4. The summed E-state index contributed by atoms with van der Waals surface area (Å²) >= 11 is 1.49. The van der Waals surface area contributed by atoms with E-state index in [1.54, 1.807) is 19.2 Å². The van der Waals surface area contributed by atoms with Gasteiger partial charge in [-0.05, 0) is 44.5 Å². The minimum Gasteiger partial charge on any atom is -0.324 e. The van der Waals surface area contributed by atoms with Crippen LogP contribution in [0.1, 0.15) is 12.5 Å². The van der Waals surface area contributed by atoms with E-state index < -0.39 is 23.7 Å². The van der Waals surface area contributed by atoms with Crippen LogP contribution in [0.5, 0.6) is 0 Å². The van der Waals surface area contributed by atoms with Gasteiger partial charge in [0.15, 0.2) is 0 Å².